The van der Waals surface area contributed by atoms with E-state index in [-0.39, 0.29) is 11.5 Å². The van der Waals surface area contributed by atoms with Crippen LogP contribution in [-0.2, 0) is 11.2 Å². The summed E-state index contributed by atoms with van der Waals surface area (Å²) in [5.74, 6) is 0.871. The average Bonchev–Trinajstić information content (AvgIpc) is 3.03. The summed E-state index contributed by atoms with van der Waals surface area (Å²) in [6.45, 7) is 2.02. The second-order valence-corrected chi connectivity index (χ2v) is 8.10. The van der Waals surface area contributed by atoms with Crippen molar-refractivity contribution >= 4 is 22.5 Å². The van der Waals surface area contributed by atoms with Gasteiger partial charge in [-0.3, -0.25) is 14.2 Å². The number of benzene rings is 3. The van der Waals surface area contributed by atoms with Crippen molar-refractivity contribution in [3.8, 4) is 11.4 Å². The van der Waals surface area contributed by atoms with Gasteiger partial charge in [-0.25, -0.2) is 4.98 Å². The van der Waals surface area contributed by atoms with Crippen LogP contribution in [0.1, 0.15) is 22.9 Å². The molecule has 0 saturated carbocycles. The summed E-state index contributed by atoms with van der Waals surface area (Å²) in [6, 6.07) is 20.6. The quantitative estimate of drug-likeness (QED) is 0.496. The molecule has 0 N–H and O–H groups in total. The van der Waals surface area contributed by atoms with E-state index >= 15 is 0 Å². The van der Waals surface area contributed by atoms with E-state index in [1.165, 1.54) is 0 Å². The smallest absolute Gasteiger partial charge is 0.265 e. The van der Waals surface area contributed by atoms with Crippen LogP contribution in [0.25, 0.3) is 16.6 Å². The number of aromatic nitrogens is 2. The molecule has 6 nitrogen and oxygen atoms in total. The topological polar surface area (TPSA) is 64.4 Å². The van der Waals surface area contributed by atoms with Gasteiger partial charge in [0.1, 0.15) is 11.6 Å². The molecule has 160 valence electrons. The van der Waals surface area contributed by atoms with Gasteiger partial charge in [0, 0.05) is 19.2 Å². The van der Waals surface area contributed by atoms with E-state index in [1.807, 2.05) is 61.5 Å². The summed E-state index contributed by atoms with van der Waals surface area (Å²) in [7, 11) is 3.40. The SMILES string of the molecule is COc1ccc(-n2c(C[C@@H]3C(=O)N(C)c4ccc(C)cc43)nc3ccccc3c2=O)cc1. The first-order chi connectivity index (χ1) is 15.5. The van der Waals surface area contributed by atoms with Crippen molar-refractivity contribution < 1.29 is 9.53 Å². The van der Waals surface area contributed by atoms with Crippen molar-refractivity contribution in [1.29, 1.82) is 0 Å². The first-order valence-corrected chi connectivity index (χ1v) is 10.5. The molecule has 1 aliphatic heterocycles. The number of rotatable bonds is 4. The van der Waals surface area contributed by atoms with Crippen LogP contribution in [0.3, 0.4) is 0 Å². The molecule has 1 aromatic heterocycles. The van der Waals surface area contributed by atoms with Gasteiger partial charge in [0.05, 0.1) is 29.6 Å². The lowest BCUT2D eigenvalue weighted by molar-refractivity contribution is -0.119. The molecule has 5 rings (SSSR count). The predicted octanol–water partition coefficient (Wildman–Crippen LogP) is 4.01. The minimum absolute atomic E-state index is 0.00860. The number of aryl methyl sites for hydroxylation is 1. The molecular weight excluding hydrogens is 402 g/mol. The van der Waals surface area contributed by atoms with E-state index < -0.39 is 5.92 Å². The van der Waals surface area contributed by atoms with Crippen LogP contribution in [-0.4, -0.2) is 29.6 Å². The third kappa shape index (κ3) is 3.15. The Kier molecular flexibility index (Phi) is 4.78. The molecular formula is C26H23N3O3. The number of fused-ring (bicyclic) bond motifs is 2. The van der Waals surface area contributed by atoms with Crippen LogP contribution in [0.4, 0.5) is 5.69 Å². The van der Waals surface area contributed by atoms with Gasteiger partial charge in [-0.1, -0.05) is 29.8 Å². The van der Waals surface area contributed by atoms with Crippen LogP contribution < -0.4 is 15.2 Å². The molecule has 1 aliphatic rings. The number of likely N-dealkylation sites (N-methyl/N-ethyl adjacent to an activating group) is 1. The number of para-hydroxylation sites is 1. The number of hydrogen-bond donors (Lipinski definition) is 0. The standard InChI is InChI=1S/C26H23N3O3/c1-16-8-13-23-20(14-16)21(25(30)28(23)2)15-24-27-22-7-5-4-6-19(22)26(31)29(24)17-9-11-18(32-3)12-10-17/h4-14,21H,15H2,1-3H3/t21-/m0/s1. The van der Waals surface area contributed by atoms with Crippen molar-refractivity contribution in [2.24, 2.45) is 0 Å². The lowest BCUT2D eigenvalue weighted by Gasteiger charge is -2.17. The molecule has 0 unspecified atom stereocenters. The van der Waals surface area contributed by atoms with Gasteiger partial charge >= 0.3 is 0 Å². The fourth-order valence-corrected chi connectivity index (χ4v) is 4.44. The van der Waals surface area contributed by atoms with E-state index in [4.69, 9.17) is 9.72 Å². The normalized spacial score (nSPS) is 15.3. The van der Waals surface area contributed by atoms with E-state index in [0.29, 0.717) is 34.6 Å². The van der Waals surface area contributed by atoms with Crippen LogP contribution in [0.2, 0.25) is 0 Å². The zero-order valence-electron chi connectivity index (χ0n) is 18.2. The fraction of sp³-hybridized carbons (Fsp3) is 0.192. The Morgan fingerprint density at radius 3 is 2.50 bits per heavy atom. The third-order valence-electron chi connectivity index (χ3n) is 6.11. The summed E-state index contributed by atoms with van der Waals surface area (Å²) in [6.07, 6.45) is 0.325. The summed E-state index contributed by atoms with van der Waals surface area (Å²) < 4.78 is 6.88. The molecule has 2 heterocycles. The first kappa shape index (κ1) is 20.0. The molecule has 32 heavy (non-hydrogen) atoms. The predicted molar refractivity (Wildman–Crippen MR) is 125 cm³/mol. The maximum Gasteiger partial charge on any atom is 0.265 e. The maximum atomic E-state index is 13.5. The van der Waals surface area contributed by atoms with Crippen molar-refractivity contribution in [2.75, 3.05) is 19.1 Å². The lowest BCUT2D eigenvalue weighted by atomic mass is 9.95. The Morgan fingerprint density at radius 1 is 1.00 bits per heavy atom. The van der Waals surface area contributed by atoms with Crippen molar-refractivity contribution in [1.82, 2.24) is 9.55 Å². The zero-order chi connectivity index (χ0) is 22.4. The van der Waals surface area contributed by atoms with Gasteiger partial charge < -0.3 is 9.64 Å². The Hall–Kier alpha value is -3.93. The highest BCUT2D eigenvalue weighted by molar-refractivity contribution is 6.04. The number of methoxy groups -OCH3 is 1. The number of ether oxygens (including phenoxy) is 1. The summed E-state index contributed by atoms with van der Waals surface area (Å²) in [5.41, 5.74) is 4.13. The monoisotopic (exact) mass is 425 g/mol. The average molecular weight is 425 g/mol. The van der Waals surface area contributed by atoms with Gasteiger partial charge in [-0.05, 0) is 55.0 Å². The van der Waals surface area contributed by atoms with Crippen LogP contribution in [0.5, 0.6) is 5.75 Å². The number of carbonyl (C=O) groups is 1. The highest BCUT2D eigenvalue weighted by Crippen LogP contribution is 2.38. The molecule has 0 bridgehead atoms. The van der Waals surface area contributed by atoms with Gasteiger partial charge in [0.2, 0.25) is 5.91 Å². The van der Waals surface area contributed by atoms with Gasteiger partial charge in [0.15, 0.2) is 0 Å². The van der Waals surface area contributed by atoms with Crippen molar-refractivity contribution in [3.05, 3.63) is 94.0 Å². The number of anilines is 1. The largest absolute Gasteiger partial charge is 0.497 e. The minimum Gasteiger partial charge on any atom is -0.497 e. The number of amides is 1. The highest BCUT2D eigenvalue weighted by Gasteiger charge is 2.36. The van der Waals surface area contributed by atoms with Gasteiger partial charge in [-0.15, -0.1) is 0 Å². The fourth-order valence-electron chi connectivity index (χ4n) is 4.44. The van der Waals surface area contributed by atoms with Crippen molar-refractivity contribution in [3.63, 3.8) is 0 Å². The molecule has 0 aliphatic carbocycles. The molecule has 0 fully saturated rings. The van der Waals surface area contributed by atoms with Crippen LogP contribution in [0.15, 0.2) is 71.5 Å². The molecule has 4 aromatic rings. The summed E-state index contributed by atoms with van der Waals surface area (Å²) in [5, 5.41) is 0.540. The van der Waals surface area contributed by atoms with Crippen LogP contribution in [0, 0.1) is 6.92 Å². The summed E-state index contributed by atoms with van der Waals surface area (Å²) in [4.78, 5) is 33.2. The molecule has 6 heteroatoms. The lowest BCUT2D eigenvalue weighted by Crippen LogP contribution is -2.29. The molecule has 3 aromatic carbocycles. The van der Waals surface area contributed by atoms with Gasteiger partial charge in [0.25, 0.3) is 5.56 Å². The minimum atomic E-state index is -0.396. The molecule has 0 radical (unpaired) electrons. The third-order valence-corrected chi connectivity index (χ3v) is 6.11. The number of hydrogen-bond acceptors (Lipinski definition) is 4. The Balaban J connectivity index is 1.69. The first-order valence-electron chi connectivity index (χ1n) is 10.5. The number of nitrogens with zero attached hydrogens (tertiary/aromatic N) is 3. The molecule has 0 saturated heterocycles. The highest BCUT2D eigenvalue weighted by atomic mass is 16.5. The Morgan fingerprint density at radius 2 is 1.75 bits per heavy atom. The maximum absolute atomic E-state index is 13.5. The van der Waals surface area contributed by atoms with Gasteiger partial charge in [-0.2, -0.15) is 0 Å². The molecule has 1 amide bonds. The number of carbonyl (C=O) groups excluding carboxylic acids is 1. The van der Waals surface area contributed by atoms with E-state index in [0.717, 1.165) is 16.8 Å². The van der Waals surface area contributed by atoms with Crippen LogP contribution >= 0.6 is 0 Å². The van der Waals surface area contributed by atoms with E-state index in [2.05, 4.69) is 6.07 Å². The summed E-state index contributed by atoms with van der Waals surface area (Å²) >= 11 is 0. The molecule has 0 spiro atoms. The molecule has 1 atom stereocenters. The van der Waals surface area contributed by atoms with E-state index in [1.54, 1.807) is 29.7 Å². The second kappa shape index (κ2) is 7.64. The van der Waals surface area contributed by atoms with Crippen molar-refractivity contribution in [2.45, 2.75) is 19.3 Å². The Bertz CT molecular complexity index is 1410. The van der Waals surface area contributed by atoms with E-state index in [9.17, 15) is 9.59 Å². The second-order valence-electron chi connectivity index (χ2n) is 8.10. The Labute approximate surface area is 185 Å². The zero-order valence-corrected chi connectivity index (χ0v) is 18.2.